The highest BCUT2D eigenvalue weighted by atomic mass is 16.5. The average Bonchev–Trinajstić information content (AvgIpc) is 3.04. The van der Waals surface area contributed by atoms with Gasteiger partial charge in [0.1, 0.15) is 24.6 Å². The van der Waals surface area contributed by atoms with Gasteiger partial charge in [-0.05, 0) is 31.0 Å². The Balaban J connectivity index is 1.71. The number of unbranched alkanes of at least 4 members (excludes halogenated alkanes) is 1. The zero-order chi connectivity index (χ0) is 21.0. The third-order valence-electron chi connectivity index (χ3n) is 5.03. The molecule has 3 unspecified atom stereocenters. The molecule has 1 aromatic rings. The van der Waals surface area contributed by atoms with Crippen molar-refractivity contribution in [2.24, 2.45) is 4.99 Å². The van der Waals surface area contributed by atoms with E-state index in [0.29, 0.717) is 18.3 Å². The molecule has 0 aliphatic carbocycles. The van der Waals surface area contributed by atoms with Crippen molar-refractivity contribution in [1.82, 2.24) is 20.4 Å². The van der Waals surface area contributed by atoms with E-state index in [1.165, 1.54) is 4.90 Å². The summed E-state index contributed by atoms with van der Waals surface area (Å²) in [6.07, 6.45) is 0.536. The Morgan fingerprint density at radius 3 is 2.86 bits per heavy atom. The molecule has 3 rings (SSSR count). The maximum absolute atomic E-state index is 12.5. The first-order valence-electron chi connectivity index (χ1n) is 9.93. The summed E-state index contributed by atoms with van der Waals surface area (Å²) in [7, 11) is 1.62. The number of aliphatic hydroxyl groups excluding tert-OH is 1. The number of carbonyl (C=O) groups excluding carboxylic acids is 2. The molecule has 29 heavy (non-hydrogen) atoms. The number of rotatable bonds is 8. The van der Waals surface area contributed by atoms with Crippen molar-refractivity contribution < 1.29 is 19.4 Å². The number of nitrogens with zero attached hydrogens (tertiary/aromatic N) is 3. The largest absolute Gasteiger partial charge is 0.491 e. The molecular weight excluding hydrogens is 374 g/mol. The SMILES string of the molecule is CCCCN=C1NC2C(C(=O)NC(=O)N2C)N1CC(O)COc1cccc(C)c1. The van der Waals surface area contributed by atoms with Crippen LogP contribution in [0, 0.1) is 6.92 Å². The molecule has 0 spiro atoms. The van der Waals surface area contributed by atoms with Gasteiger partial charge in [-0.25, -0.2) is 4.79 Å². The number of aliphatic imine (C=N–C) groups is 1. The molecular formula is C20H29N5O4. The van der Waals surface area contributed by atoms with Gasteiger partial charge in [0.25, 0.3) is 5.91 Å². The van der Waals surface area contributed by atoms with Crippen LogP contribution in [0.15, 0.2) is 29.3 Å². The van der Waals surface area contributed by atoms with Crippen LogP contribution in [0.3, 0.4) is 0 Å². The smallest absolute Gasteiger partial charge is 0.325 e. The van der Waals surface area contributed by atoms with Crippen molar-refractivity contribution in [3.05, 3.63) is 29.8 Å². The van der Waals surface area contributed by atoms with Crippen LogP contribution in [0.25, 0.3) is 0 Å². The lowest BCUT2D eigenvalue weighted by Crippen LogP contribution is -2.65. The molecule has 3 amide bonds. The number of hydrogen-bond acceptors (Lipinski definition) is 5. The molecule has 2 fully saturated rings. The molecule has 0 aromatic heterocycles. The lowest BCUT2D eigenvalue weighted by Gasteiger charge is -2.35. The minimum Gasteiger partial charge on any atom is -0.491 e. The quantitative estimate of drug-likeness (QED) is 0.551. The van der Waals surface area contributed by atoms with Crippen molar-refractivity contribution >= 4 is 17.9 Å². The Hall–Kier alpha value is -2.81. The number of fused-ring (bicyclic) bond motifs is 1. The van der Waals surface area contributed by atoms with Crippen LogP contribution in [0.2, 0.25) is 0 Å². The van der Waals surface area contributed by atoms with Crippen LogP contribution in [-0.2, 0) is 4.79 Å². The van der Waals surface area contributed by atoms with Gasteiger partial charge < -0.3 is 25.0 Å². The Kier molecular flexibility index (Phi) is 6.58. The number of β-amino-alcohol motifs (C(OH)–C–C–N with tert-alkyl or cyclic N) is 1. The Labute approximate surface area is 170 Å². The highest BCUT2D eigenvalue weighted by Gasteiger charge is 2.50. The van der Waals surface area contributed by atoms with Crippen molar-refractivity contribution in [3.63, 3.8) is 0 Å². The van der Waals surface area contributed by atoms with Gasteiger partial charge in [-0.15, -0.1) is 0 Å². The van der Waals surface area contributed by atoms with Crippen LogP contribution in [0.4, 0.5) is 4.79 Å². The van der Waals surface area contributed by atoms with Gasteiger partial charge in [-0.2, -0.15) is 0 Å². The van der Waals surface area contributed by atoms with Crippen molar-refractivity contribution in [2.75, 3.05) is 26.7 Å². The minimum absolute atomic E-state index is 0.0793. The van der Waals surface area contributed by atoms with Crippen LogP contribution in [-0.4, -0.2) is 77.9 Å². The van der Waals surface area contributed by atoms with Gasteiger partial charge in [0.2, 0.25) is 0 Å². The second kappa shape index (κ2) is 9.13. The molecule has 9 heteroatoms. The molecule has 2 saturated heterocycles. The van der Waals surface area contributed by atoms with Crippen LogP contribution in [0.5, 0.6) is 5.75 Å². The van der Waals surface area contributed by atoms with Gasteiger partial charge in [0.05, 0.1) is 6.54 Å². The third kappa shape index (κ3) is 4.79. The molecule has 0 radical (unpaired) electrons. The first-order chi connectivity index (χ1) is 13.9. The molecule has 9 nitrogen and oxygen atoms in total. The summed E-state index contributed by atoms with van der Waals surface area (Å²) in [5, 5.41) is 16.1. The predicted octanol–water partition coefficient (Wildman–Crippen LogP) is 0.672. The Bertz CT molecular complexity index is 784. The van der Waals surface area contributed by atoms with E-state index in [1.807, 2.05) is 31.2 Å². The number of guanidine groups is 1. The highest BCUT2D eigenvalue weighted by molar-refractivity contribution is 6.04. The van der Waals surface area contributed by atoms with Crippen molar-refractivity contribution in [2.45, 2.75) is 45.0 Å². The van der Waals surface area contributed by atoms with E-state index >= 15 is 0 Å². The topological polar surface area (TPSA) is 106 Å². The van der Waals surface area contributed by atoms with E-state index in [2.05, 4.69) is 22.5 Å². The fraction of sp³-hybridized carbons (Fsp3) is 0.550. The normalized spacial score (nSPS) is 23.7. The number of likely N-dealkylation sites (N-methyl/N-ethyl adjacent to an activating group) is 1. The van der Waals surface area contributed by atoms with Gasteiger partial charge >= 0.3 is 6.03 Å². The Morgan fingerprint density at radius 1 is 1.34 bits per heavy atom. The number of carbonyl (C=O) groups is 2. The van der Waals surface area contributed by atoms with Gasteiger partial charge in [0, 0.05) is 13.6 Å². The summed E-state index contributed by atoms with van der Waals surface area (Å²) in [5.74, 6) is 0.789. The lowest BCUT2D eigenvalue weighted by atomic mass is 10.1. The van der Waals surface area contributed by atoms with Crippen LogP contribution in [0.1, 0.15) is 25.3 Å². The summed E-state index contributed by atoms with van der Waals surface area (Å²) in [5.41, 5.74) is 1.07. The Morgan fingerprint density at radius 2 is 2.14 bits per heavy atom. The summed E-state index contributed by atoms with van der Waals surface area (Å²) >= 11 is 0. The molecule has 158 valence electrons. The number of aliphatic hydroxyl groups is 1. The minimum atomic E-state index is -0.844. The highest BCUT2D eigenvalue weighted by Crippen LogP contribution is 2.21. The number of imide groups is 1. The fourth-order valence-corrected chi connectivity index (χ4v) is 3.44. The first kappa shape index (κ1) is 20.9. The molecule has 0 saturated carbocycles. The lowest BCUT2D eigenvalue weighted by molar-refractivity contribution is -0.127. The third-order valence-corrected chi connectivity index (χ3v) is 5.03. The summed E-state index contributed by atoms with van der Waals surface area (Å²) in [6.45, 7) is 4.88. The van der Waals surface area contributed by atoms with Gasteiger partial charge in [-0.3, -0.25) is 15.1 Å². The van der Waals surface area contributed by atoms with E-state index in [4.69, 9.17) is 4.74 Å². The van der Waals surface area contributed by atoms with E-state index in [1.54, 1.807) is 11.9 Å². The number of aryl methyl sites for hydroxylation is 1. The molecule has 3 atom stereocenters. The summed E-state index contributed by atoms with van der Waals surface area (Å²) < 4.78 is 5.69. The van der Waals surface area contributed by atoms with Crippen molar-refractivity contribution in [3.8, 4) is 5.75 Å². The van der Waals surface area contributed by atoms with E-state index in [9.17, 15) is 14.7 Å². The van der Waals surface area contributed by atoms with Crippen LogP contribution >= 0.6 is 0 Å². The monoisotopic (exact) mass is 403 g/mol. The van der Waals surface area contributed by atoms with E-state index in [-0.39, 0.29) is 13.2 Å². The molecule has 1 aromatic carbocycles. The number of benzene rings is 1. The zero-order valence-electron chi connectivity index (χ0n) is 17.1. The number of hydrogen-bond donors (Lipinski definition) is 3. The molecule has 2 heterocycles. The second-order valence-corrected chi connectivity index (χ2v) is 7.43. The number of amides is 3. The molecule has 2 aliphatic heterocycles. The number of ether oxygens (including phenoxy) is 1. The first-order valence-corrected chi connectivity index (χ1v) is 9.93. The van der Waals surface area contributed by atoms with Gasteiger partial charge in [0.15, 0.2) is 12.0 Å². The van der Waals surface area contributed by atoms with E-state index < -0.39 is 30.2 Å². The number of urea groups is 1. The summed E-state index contributed by atoms with van der Waals surface area (Å²) in [4.78, 5) is 32.2. The van der Waals surface area contributed by atoms with E-state index in [0.717, 1.165) is 18.4 Å². The average molecular weight is 403 g/mol. The predicted molar refractivity (Wildman–Crippen MR) is 109 cm³/mol. The van der Waals surface area contributed by atoms with Crippen LogP contribution < -0.4 is 15.4 Å². The van der Waals surface area contributed by atoms with Crippen molar-refractivity contribution in [1.29, 1.82) is 0 Å². The second-order valence-electron chi connectivity index (χ2n) is 7.43. The maximum atomic E-state index is 12.5. The number of nitrogens with one attached hydrogen (secondary N) is 2. The summed E-state index contributed by atoms with van der Waals surface area (Å²) in [6, 6.07) is 6.47. The fourth-order valence-electron chi connectivity index (χ4n) is 3.44. The standard InChI is InChI=1S/C20H29N5O4/c1-4-5-9-21-19-22-17-16(18(27)23-20(28)24(17)3)25(19)11-14(26)12-29-15-8-6-7-13(2)10-15/h6-8,10,14,16-17,26H,4-5,9,11-12H2,1-3H3,(H,21,22)(H,23,27,28). The van der Waals surface area contributed by atoms with Gasteiger partial charge in [-0.1, -0.05) is 25.5 Å². The molecule has 3 N–H and O–H groups in total. The molecule has 0 bridgehead atoms. The zero-order valence-corrected chi connectivity index (χ0v) is 17.1. The maximum Gasteiger partial charge on any atom is 0.325 e. The molecule has 2 aliphatic rings.